The molecule has 34 heavy (non-hydrogen) atoms. The first-order valence-corrected chi connectivity index (χ1v) is 11.4. The molecule has 1 aromatic heterocycles. The van der Waals surface area contributed by atoms with Gasteiger partial charge in [-0.15, -0.1) is 0 Å². The van der Waals surface area contributed by atoms with Crippen molar-refractivity contribution in [3.05, 3.63) is 106 Å². The highest BCUT2D eigenvalue weighted by Crippen LogP contribution is 2.21. The number of hydrogen-bond donors (Lipinski definition) is 2. The Kier molecular flexibility index (Phi) is 7.28. The minimum atomic E-state index is -0.227. The van der Waals surface area contributed by atoms with Crippen molar-refractivity contribution in [3.63, 3.8) is 0 Å². The molecule has 0 aliphatic carbocycles. The summed E-state index contributed by atoms with van der Waals surface area (Å²) in [4.78, 5) is 26.2. The lowest BCUT2D eigenvalue weighted by Crippen LogP contribution is -2.33. The summed E-state index contributed by atoms with van der Waals surface area (Å²) in [7, 11) is 1.58. The van der Waals surface area contributed by atoms with Gasteiger partial charge >= 0.3 is 0 Å². The van der Waals surface area contributed by atoms with E-state index in [9.17, 15) is 9.59 Å². The highest BCUT2D eigenvalue weighted by atomic mass is 16.5. The van der Waals surface area contributed by atoms with Crippen LogP contribution in [-0.2, 0) is 30.8 Å². The van der Waals surface area contributed by atoms with E-state index in [4.69, 9.17) is 4.74 Å². The topological polar surface area (TPSA) is 72.4 Å². The molecule has 0 unspecified atom stereocenters. The van der Waals surface area contributed by atoms with E-state index in [0.29, 0.717) is 29.9 Å². The van der Waals surface area contributed by atoms with Crippen molar-refractivity contribution in [2.75, 3.05) is 12.4 Å². The van der Waals surface area contributed by atoms with Crippen molar-refractivity contribution in [3.8, 4) is 5.75 Å². The number of hydrogen-bond acceptors (Lipinski definition) is 4. The molecule has 0 aliphatic heterocycles. The molecular formula is C28H29N3O3. The van der Waals surface area contributed by atoms with E-state index in [1.54, 1.807) is 13.2 Å². The zero-order valence-corrected chi connectivity index (χ0v) is 19.5. The molecule has 0 atom stereocenters. The number of aryl methyl sites for hydroxylation is 1. The Bertz CT molecular complexity index is 1330. The predicted molar refractivity (Wildman–Crippen MR) is 136 cm³/mol. The number of carbonyl (C=O) groups excluding carboxylic acids is 1. The maximum absolute atomic E-state index is 13.4. The number of rotatable bonds is 9. The standard InChI is InChI=1S/C28H29N3O3/c1-3-20-9-12-24(13-10-20)29-18-23-15-22-11-14-25(34-2)16-26(22)31(28(23)33)19-27(32)30-17-21-7-5-4-6-8-21/h4-16,29H,3,17-19H2,1-2H3,(H,30,32). The van der Waals surface area contributed by atoms with Crippen molar-refractivity contribution in [2.45, 2.75) is 33.0 Å². The van der Waals surface area contributed by atoms with Gasteiger partial charge in [-0.2, -0.15) is 0 Å². The van der Waals surface area contributed by atoms with Crippen molar-refractivity contribution in [2.24, 2.45) is 0 Å². The quantitative estimate of drug-likeness (QED) is 0.390. The number of benzene rings is 3. The number of nitrogens with zero attached hydrogens (tertiary/aromatic N) is 1. The number of nitrogens with one attached hydrogen (secondary N) is 2. The molecule has 6 heteroatoms. The van der Waals surface area contributed by atoms with Crippen LogP contribution in [0.2, 0.25) is 0 Å². The van der Waals surface area contributed by atoms with Crippen LogP contribution in [0.4, 0.5) is 5.69 Å². The number of ether oxygens (including phenoxy) is 1. The average molecular weight is 456 g/mol. The largest absolute Gasteiger partial charge is 0.497 e. The fourth-order valence-electron chi connectivity index (χ4n) is 3.87. The van der Waals surface area contributed by atoms with E-state index in [0.717, 1.165) is 23.1 Å². The third kappa shape index (κ3) is 5.46. The molecule has 6 nitrogen and oxygen atoms in total. The Morgan fingerprint density at radius 3 is 2.38 bits per heavy atom. The maximum Gasteiger partial charge on any atom is 0.256 e. The van der Waals surface area contributed by atoms with Gasteiger partial charge in [0.05, 0.1) is 12.6 Å². The summed E-state index contributed by atoms with van der Waals surface area (Å²) in [5, 5.41) is 7.11. The molecule has 0 radical (unpaired) electrons. The molecule has 2 N–H and O–H groups in total. The third-order valence-electron chi connectivity index (χ3n) is 5.86. The maximum atomic E-state index is 13.4. The summed E-state index contributed by atoms with van der Waals surface area (Å²) in [6, 6.07) is 25.3. The lowest BCUT2D eigenvalue weighted by Gasteiger charge is -2.15. The third-order valence-corrected chi connectivity index (χ3v) is 5.86. The van der Waals surface area contributed by atoms with Gasteiger partial charge in [0, 0.05) is 30.4 Å². The van der Waals surface area contributed by atoms with E-state index in [-0.39, 0.29) is 18.0 Å². The van der Waals surface area contributed by atoms with Crippen LogP contribution in [0.3, 0.4) is 0 Å². The summed E-state index contributed by atoms with van der Waals surface area (Å²) in [5.74, 6) is 0.405. The predicted octanol–water partition coefficient (Wildman–Crippen LogP) is 4.50. The lowest BCUT2D eigenvalue weighted by atomic mass is 10.1. The molecule has 0 fully saturated rings. The van der Waals surface area contributed by atoms with Gasteiger partial charge in [0.2, 0.25) is 5.91 Å². The SMILES string of the molecule is CCc1ccc(NCc2cc3ccc(OC)cc3n(CC(=O)NCc3ccccc3)c2=O)cc1. The highest BCUT2D eigenvalue weighted by Gasteiger charge is 2.13. The van der Waals surface area contributed by atoms with Crippen molar-refractivity contribution in [1.82, 2.24) is 9.88 Å². The second-order valence-electron chi connectivity index (χ2n) is 8.15. The van der Waals surface area contributed by atoms with Crippen LogP contribution in [0.1, 0.15) is 23.6 Å². The second kappa shape index (κ2) is 10.7. The Balaban J connectivity index is 1.60. The van der Waals surface area contributed by atoms with Gasteiger partial charge in [-0.1, -0.05) is 49.4 Å². The molecule has 4 rings (SSSR count). The number of methoxy groups -OCH3 is 1. The Morgan fingerprint density at radius 1 is 0.912 bits per heavy atom. The first-order chi connectivity index (χ1) is 16.6. The monoisotopic (exact) mass is 455 g/mol. The van der Waals surface area contributed by atoms with E-state index >= 15 is 0 Å². The minimum absolute atomic E-state index is 0.0750. The van der Waals surface area contributed by atoms with Crippen molar-refractivity contribution >= 4 is 22.5 Å². The molecule has 4 aromatic rings. The van der Waals surface area contributed by atoms with Crippen LogP contribution in [0.15, 0.2) is 83.7 Å². The average Bonchev–Trinajstić information content (AvgIpc) is 2.88. The van der Waals surface area contributed by atoms with Gasteiger partial charge in [0.25, 0.3) is 5.56 Å². The van der Waals surface area contributed by atoms with E-state index in [1.807, 2.05) is 60.7 Å². The van der Waals surface area contributed by atoms with Gasteiger partial charge in [-0.25, -0.2) is 0 Å². The van der Waals surface area contributed by atoms with Crippen LogP contribution < -0.4 is 20.9 Å². The van der Waals surface area contributed by atoms with Crippen LogP contribution in [-0.4, -0.2) is 17.6 Å². The van der Waals surface area contributed by atoms with Gasteiger partial charge in [-0.05, 0) is 53.3 Å². The number of carbonyl (C=O) groups is 1. The first kappa shape index (κ1) is 23.1. The normalized spacial score (nSPS) is 10.8. The van der Waals surface area contributed by atoms with Crippen LogP contribution in [0.5, 0.6) is 5.75 Å². The summed E-state index contributed by atoms with van der Waals surface area (Å²) >= 11 is 0. The van der Waals surface area contributed by atoms with Gasteiger partial charge in [0.15, 0.2) is 0 Å². The molecular weight excluding hydrogens is 426 g/mol. The molecule has 0 saturated heterocycles. The summed E-state index contributed by atoms with van der Waals surface area (Å²) in [6.45, 7) is 2.81. The first-order valence-electron chi connectivity index (χ1n) is 11.4. The van der Waals surface area contributed by atoms with E-state index in [1.165, 1.54) is 10.1 Å². The van der Waals surface area contributed by atoms with Gasteiger partial charge in [-0.3, -0.25) is 14.2 Å². The van der Waals surface area contributed by atoms with Crippen LogP contribution in [0.25, 0.3) is 10.9 Å². The smallest absolute Gasteiger partial charge is 0.256 e. The molecule has 1 amide bonds. The Labute approximate surface area is 199 Å². The fraction of sp³-hybridized carbons (Fsp3) is 0.214. The number of aromatic nitrogens is 1. The molecule has 174 valence electrons. The van der Waals surface area contributed by atoms with Crippen LogP contribution >= 0.6 is 0 Å². The highest BCUT2D eigenvalue weighted by molar-refractivity contribution is 5.84. The second-order valence-corrected chi connectivity index (χ2v) is 8.15. The lowest BCUT2D eigenvalue weighted by molar-refractivity contribution is -0.121. The molecule has 0 bridgehead atoms. The number of pyridine rings is 1. The van der Waals surface area contributed by atoms with Crippen molar-refractivity contribution < 1.29 is 9.53 Å². The zero-order valence-electron chi connectivity index (χ0n) is 19.5. The Morgan fingerprint density at radius 2 is 1.68 bits per heavy atom. The van der Waals surface area contributed by atoms with Gasteiger partial charge in [0.1, 0.15) is 12.3 Å². The molecule has 0 spiro atoms. The zero-order chi connectivity index (χ0) is 23.9. The molecule has 0 aliphatic rings. The van der Waals surface area contributed by atoms with Gasteiger partial charge < -0.3 is 15.4 Å². The van der Waals surface area contributed by atoms with Crippen molar-refractivity contribution in [1.29, 1.82) is 0 Å². The van der Waals surface area contributed by atoms with Crippen LogP contribution in [0, 0.1) is 0 Å². The minimum Gasteiger partial charge on any atom is -0.497 e. The summed E-state index contributed by atoms with van der Waals surface area (Å²) < 4.78 is 6.88. The molecule has 0 saturated carbocycles. The fourth-order valence-corrected chi connectivity index (χ4v) is 3.87. The molecule has 3 aromatic carbocycles. The van der Waals surface area contributed by atoms with E-state index in [2.05, 4.69) is 29.7 Å². The Hall–Kier alpha value is -4.06. The number of amides is 1. The summed E-state index contributed by atoms with van der Waals surface area (Å²) in [6.07, 6.45) is 0.978. The van der Waals surface area contributed by atoms with E-state index < -0.39 is 0 Å². The molecule has 1 heterocycles. The summed E-state index contributed by atoms with van der Waals surface area (Å²) in [5.41, 5.74) is 4.26. The number of fused-ring (bicyclic) bond motifs is 1. The number of anilines is 1.